The molecule has 0 aromatic carbocycles. The Kier molecular flexibility index (Phi) is 2.23. The molecule has 1 heterocycles. The van der Waals surface area contributed by atoms with Crippen LogP contribution in [0.4, 0.5) is 4.39 Å². The lowest BCUT2D eigenvalue weighted by atomic mass is 10.3. The molecule has 0 radical (unpaired) electrons. The fourth-order valence-electron chi connectivity index (χ4n) is 0.746. The van der Waals surface area contributed by atoms with Crippen LogP contribution in [-0.2, 0) is 4.74 Å². The number of hydrogen-bond acceptors (Lipinski definition) is 3. The van der Waals surface area contributed by atoms with Crippen molar-refractivity contribution in [3.8, 4) is 0 Å². The predicted octanol–water partition coefficient (Wildman–Crippen LogP) is 0.301. The fourth-order valence-corrected chi connectivity index (χ4v) is 0.746. The molecule has 0 amide bonds. The number of aromatic nitrogens is 1. The SMILES string of the molecule is COC(=O)c1c(F)[nH]ccc1=O. The minimum absolute atomic E-state index is 0.597. The molecule has 1 aromatic heterocycles. The normalized spacial score (nSPS) is 9.50. The topological polar surface area (TPSA) is 59.2 Å². The molecule has 0 saturated carbocycles. The summed E-state index contributed by atoms with van der Waals surface area (Å²) in [5.74, 6) is -1.95. The zero-order valence-electron chi connectivity index (χ0n) is 6.26. The second-order valence-corrected chi connectivity index (χ2v) is 2.02. The summed E-state index contributed by atoms with van der Waals surface area (Å²) in [6.45, 7) is 0. The van der Waals surface area contributed by atoms with E-state index in [-0.39, 0.29) is 0 Å². The Balaban J connectivity index is 3.31. The number of halogens is 1. The Bertz CT molecular complexity index is 358. The molecular weight excluding hydrogens is 165 g/mol. The summed E-state index contributed by atoms with van der Waals surface area (Å²) in [4.78, 5) is 23.7. The Morgan fingerprint density at radius 2 is 2.33 bits per heavy atom. The Morgan fingerprint density at radius 3 is 2.83 bits per heavy atom. The smallest absolute Gasteiger partial charge is 0.346 e. The molecule has 4 nitrogen and oxygen atoms in total. The van der Waals surface area contributed by atoms with Crippen LogP contribution in [0.2, 0.25) is 0 Å². The number of hydrogen-bond donors (Lipinski definition) is 1. The van der Waals surface area contributed by atoms with Crippen molar-refractivity contribution < 1.29 is 13.9 Å². The van der Waals surface area contributed by atoms with E-state index in [1.54, 1.807) is 0 Å². The molecule has 1 rings (SSSR count). The Labute approximate surface area is 67.0 Å². The third-order valence-electron chi connectivity index (χ3n) is 1.30. The summed E-state index contributed by atoms with van der Waals surface area (Å²) in [5, 5.41) is 0. The number of rotatable bonds is 1. The van der Waals surface area contributed by atoms with Crippen LogP contribution in [0.25, 0.3) is 0 Å². The maximum atomic E-state index is 12.7. The summed E-state index contributed by atoms with van der Waals surface area (Å²) < 4.78 is 16.9. The third-order valence-corrected chi connectivity index (χ3v) is 1.30. The maximum Gasteiger partial charge on any atom is 0.346 e. The van der Waals surface area contributed by atoms with Gasteiger partial charge < -0.3 is 9.72 Å². The molecule has 0 aliphatic rings. The summed E-state index contributed by atoms with van der Waals surface area (Å²) >= 11 is 0. The van der Waals surface area contributed by atoms with E-state index in [0.717, 1.165) is 19.4 Å². The van der Waals surface area contributed by atoms with Crippen molar-refractivity contribution >= 4 is 5.97 Å². The van der Waals surface area contributed by atoms with Crippen LogP contribution >= 0.6 is 0 Å². The van der Waals surface area contributed by atoms with Gasteiger partial charge in [0.25, 0.3) is 0 Å². The van der Waals surface area contributed by atoms with E-state index in [2.05, 4.69) is 9.72 Å². The number of pyridine rings is 1. The molecule has 64 valence electrons. The number of ether oxygens (including phenoxy) is 1. The monoisotopic (exact) mass is 171 g/mol. The molecule has 1 aromatic rings. The van der Waals surface area contributed by atoms with Gasteiger partial charge in [0, 0.05) is 12.3 Å². The fraction of sp³-hybridized carbons (Fsp3) is 0.143. The lowest BCUT2D eigenvalue weighted by molar-refractivity contribution is 0.0593. The van der Waals surface area contributed by atoms with Crippen LogP contribution in [-0.4, -0.2) is 18.1 Å². The van der Waals surface area contributed by atoms with Crippen molar-refractivity contribution in [3.63, 3.8) is 0 Å². The lowest BCUT2D eigenvalue weighted by Crippen LogP contribution is -2.18. The first kappa shape index (κ1) is 8.45. The van der Waals surface area contributed by atoms with Crippen LogP contribution < -0.4 is 5.43 Å². The zero-order valence-corrected chi connectivity index (χ0v) is 6.26. The standard InChI is InChI=1S/C7H6FNO3/c1-12-7(11)5-4(10)2-3-9-6(5)8/h2-3H,1H3,(H,9,10). The van der Waals surface area contributed by atoms with Crippen LogP contribution in [0.1, 0.15) is 10.4 Å². The first-order valence-corrected chi connectivity index (χ1v) is 3.12. The van der Waals surface area contributed by atoms with Gasteiger partial charge in [0.05, 0.1) is 7.11 Å². The van der Waals surface area contributed by atoms with E-state index in [0.29, 0.717) is 0 Å². The number of carbonyl (C=O) groups is 1. The van der Waals surface area contributed by atoms with Gasteiger partial charge in [-0.2, -0.15) is 4.39 Å². The number of carbonyl (C=O) groups excluding carboxylic acids is 1. The molecule has 12 heavy (non-hydrogen) atoms. The molecule has 0 atom stereocenters. The molecule has 0 saturated heterocycles. The summed E-state index contributed by atoms with van der Waals surface area (Å²) in [6.07, 6.45) is 1.12. The van der Waals surface area contributed by atoms with Gasteiger partial charge in [-0.25, -0.2) is 4.79 Å². The second-order valence-electron chi connectivity index (χ2n) is 2.02. The third kappa shape index (κ3) is 1.34. The summed E-state index contributed by atoms with van der Waals surface area (Å²) in [7, 11) is 1.08. The highest BCUT2D eigenvalue weighted by Crippen LogP contribution is 1.98. The van der Waals surface area contributed by atoms with E-state index in [4.69, 9.17) is 0 Å². The van der Waals surface area contributed by atoms with Crippen LogP contribution in [0.15, 0.2) is 17.1 Å². The number of H-pyrrole nitrogens is 1. The number of esters is 1. The number of aromatic amines is 1. The van der Waals surface area contributed by atoms with E-state index >= 15 is 0 Å². The van der Waals surface area contributed by atoms with Crippen molar-refractivity contribution in [2.24, 2.45) is 0 Å². The first-order chi connectivity index (χ1) is 5.66. The largest absolute Gasteiger partial charge is 0.465 e. The number of nitrogens with one attached hydrogen (secondary N) is 1. The van der Waals surface area contributed by atoms with Crippen molar-refractivity contribution in [1.29, 1.82) is 0 Å². The van der Waals surface area contributed by atoms with Gasteiger partial charge in [-0.1, -0.05) is 0 Å². The van der Waals surface area contributed by atoms with Crippen LogP contribution in [0, 0.1) is 5.95 Å². The van der Waals surface area contributed by atoms with E-state index in [1.165, 1.54) is 0 Å². The molecule has 0 aliphatic carbocycles. The molecule has 0 unspecified atom stereocenters. The van der Waals surface area contributed by atoms with Gasteiger partial charge in [-0.3, -0.25) is 4.79 Å². The molecular formula is C7H6FNO3. The average molecular weight is 171 g/mol. The van der Waals surface area contributed by atoms with Crippen molar-refractivity contribution in [2.45, 2.75) is 0 Å². The van der Waals surface area contributed by atoms with Crippen molar-refractivity contribution in [2.75, 3.05) is 7.11 Å². The highest BCUT2D eigenvalue weighted by atomic mass is 19.1. The minimum atomic E-state index is -0.977. The number of methoxy groups -OCH3 is 1. The molecule has 1 N–H and O–H groups in total. The van der Waals surface area contributed by atoms with Crippen molar-refractivity contribution in [3.05, 3.63) is 34.0 Å². The maximum absolute atomic E-state index is 12.7. The lowest BCUT2D eigenvalue weighted by Gasteiger charge is -1.97. The van der Waals surface area contributed by atoms with E-state index in [9.17, 15) is 14.0 Å². The molecule has 0 aliphatic heterocycles. The second kappa shape index (κ2) is 3.17. The molecule has 0 bridgehead atoms. The first-order valence-electron chi connectivity index (χ1n) is 3.12. The van der Waals surface area contributed by atoms with Gasteiger partial charge in [0.2, 0.25) is 5.95 Å². The zero-order chi connectivity index (χ0) is 9.14. The molecule has 5 heteroatoms. The molecule has 0 spiro atoms. The van der Waals surface area contributed by atoms with Crippen LogP contribution in [0.3, 0.4) is 0 Å². The predicted molar refractivity (Wildman–Crippen MR) is 38.4 cm³/mol. The van der Waals surface area contributed by atoms with Gasteiger partial charge >= 0.3 is 5.97 Å². The highest BCUT2D eigenvalue weighted by molar-refractivity contribution is 5.88. The van der Waals surface area contributed by atoms with Gasteiger partial charge in [0.15, 0.2) is 11.0 Å². The van der Waals surface area contributed by atoms with Gasteiger partial charge in [0.1, 0.15) is 0 Å². The summed E-state index contributed by atoms with van der Waals surface area (Å²) in [5.41, 5.74) is -1.29. The Hall–Kier alpha value is -1.65. The Morgan fingerprint density at radius 1 is 1.67 bits per heavy atom. The quantitative estimate of drug-likeness (QED) is 0.488. The van der Waals surface area contributed by atoms with E-state index in [1.807, 2.05) is 0 Å². The van der Waals surface area contributed by atoms with Gasteiger partial charge in [-0.15, -0.1) is 0 Å². The van der Waals surface area contributed by atoms with Crippen molar-refractivity contribution in [1.82, 2.24) is 4.98 Å². The summed E-state index contributed by atoms with van der Waals surface area (Å²) in [6, 6.07) is 1.05. The highest BCUT2D eigenvalue weighted by Gasteiger charge is 2.15. The average Bonchev–Trinajstić information content (AvgIpc) is 2.03. The van der Waals surface area contributed by atoms with Gasteiger partial charge in [-0.05, 0) is 0 Å². The van der Waals surface area contributed by atoms with E-state index < -0.39 is 22.9 Å². The molecule has 0 fully saturated rings. The van der Waals surface area contributed by atoms with Crippen LogP contribution in [0.5, 0.6) is 0 Å². The minimum Gasteiger partial charge on any atom is -0.465 e.